The van der Waals surface area contributed by atoms with Gasteiger partial charge in [-0.15, -0.1) is 0 Å². The van der Waals surface area contributed by atoms with Gasteiger partial charge in [0.25, 0.3) is 0 Å². The molecule has 2 N–H and O–H groups in total. The molecular formula is C18H21N3O3. The Labute approximate surface area is 140 Å². The van der Waals surface area contributed by atoms with E-state index < -0.39 is 5.63 Å². The highest BCUT2D eigenvalue weighted by molar-refractivity contribution is 5.89. The van der Waals surface area contributed by atoms with E-state index in [0.717, 1.165) is 12.8 Å². The van der Waals surface area contributed by atoms with Crippen molar-refractivity contribution in [3.05, 3.63) is 47.1 Å². The van der Waals surface area contributed by atoms with E-state index in [4.69, 9.17) is 4.42 Å². The van der Waals surface area contributed by atoms with Crippen molar-refractivity contribution in [3.8, 4) is 11.3 Å². The second-order valence-electron chi connectivity index (χ2n) is 6.08. The van der Waals surface area contributed by atoms with Crippen molar-refractivity contribution in [2.24, 2.45) is 5.92 Å². The number of aromatic nitrogens is 1. The van der Waals surface area contributed by atoms with E-state index >= 15 is 0 Å². The molecule has 3 rings (SSSR count). The standard InChI is InChI=1S/C18H21N3O3/c22-17-15(8-9-16(24-17)14-7-4-10-19-12-14)21-18(23)20-11-13-5-2-1-3-6-13/h4,7-10,12-13H,1-3,5-6,11H2,(H2,20,21,23). The molecule has 1 aliphatic rings. The van der Waals surface area contributed by atoms with Crippen molar-refractivity contribution in [2.45, 2.75) is 32.1 Å². The summed E-state index contributed by atoms with van der Waals surface area (Å²) < 4.78 is 5.25. The number of amides is 2. The first kappa shape index (κ1) is 16.2. The van der Waals surface area contributed by atoms with Crippen LogP contribution in [0.15, 0.2) is 45.9 Å². The summed E-state index contributed by atoms with van der Waals surface area (Å²) in [5.41, 5.74) is 0.260. The van der Waals surface area contributed by atoms with Crippen LogP contribution in [0.4, 0.5) is 10.5 Å². The van der Waals surface area contributed by atoms with Crippen LogP contribution in [0.25, 0.3) is 11.3 Å². The molecule has 0 atom stereocenters. The van der Waals surface area contributed by atoms with Crippen molar-refractivity contribution in [3.63, 3.8) is 0 Å². The number of anilines is 1. The lowest BCUT2D eigenvalue weighted by Gasteiger charge is -2.21. The number of carbonyl (C=O) groups excluding carboxylic acids is 1. The molecule has 0 saturated heterocycles. The average Bonchev–Trinajstić information content (AvgIpc) is 2.63. The van der Waals surface area contributed by atoms with E-state index in [1.165, 1.54) is 19.3 Å². The van der Waals surface area contributed by atoms with Crippen LogP contribution in [-0.2, 0) is 0 Å². The molecule has 1 saturated carbocycles. The molecule has 2 heterocycles. The second kappa shape index (κ2) is 7.77. The van der Waals surface area contributed by atoms with Crippen LogP contribution in [0.5, 0.6) is 0 Å². The topological polar surface area (TPSA) is 84.2 Å². The van der Waals surface area contributed by atoms with E-state index in [1.807, 2.05) is 0 Å². The third kappa shape index (κ3) is 4.22. The molecule has 0 aromatic carbocycles. The van der Waals surface area contributed by atoms with Crippen LogP contribution < -0.4 is 16.3 Å². The molecule has 2 amide bonds. The first-order valence-electron chi connectivity index (χ1n) is 8.32. The van der Waals surface area contributed by atoms with Gasteiger partial charge >= 0.3 is 11.7 Å². The molecule has 1 aliphatic carbocycles. The summed E-state index contributed by atoms with van der Waals surface area (Å²) in [5.74, 6) is 0.954. The summed E-state index contributed by atoms with van der Waals surface area (Å²) in [6.45, 7) is 0.644. The van der Waals surface area contributed by atoms with Crippen LogP contribution in [0, 0.1) is 5.92 Å². The van der Waals surface area contributed by atoms with E-state index in [1.54, 1.807) is 36.7 Å². The first-order chi connectivity index (χ1) is 11.7. The largest absolute Gasteiger partial charge is 0.421 e. The van der Waals surface area contributed by atoms with E-state index in [2.05, 4.69) is 15.6 Å². The summed E-state index contributed by atoms with van der Waals surface area (Å²) in [6, 6.07) is 6.39. The van der Waals surface area contributed by atoms with Gasteiger partial charge in [-0.25, -0.2) is 9.59 Å². The lowest BCUT2D eigenvalue weighted by atomic mass is 9.89. The molecule has 2 aromatic rings. The molecular weight excluding hydrogens is 306 g/mol. The fourth-order valence-corrected chi connectivity index (χ4v) is 2.97. The van der Waals surface area contributed by atoms with Crippen LogP contribution in [0.1, 0.15) is 32.1 Å². The van der Waals surface area contributed by atoms with Crippen molar-refractivity contribution in [1.29, 1.82) is 0 Å². The van der Waals surface area contributed by atoms with Gasteiger partial charge < -0.3 is 15.1 Å². The summed E-state index contributed by atoms with van der Waals surface area (Å²) in [7, 11) is 0. The van der Waals surface area contributed by atoms with Gasteiger partial charge in [-0.3, -0.25) is 4.98 Å². The minimum atomic E-state index is -0.579. The highest BCUT2D eigenvalue weighted by atomic mass is 16.4. The smallest absolute Gasteiger partial charge is 0.360 e. The zero-order valence-electron chi connectivity index (χ0n) is 13.5. The Balaban J connectivity index is 1.58. The summed E-state index contributed by atoms with van der Waals surface area (Å²) >= 11 is 0. The van der Waals surface area contributed by atoms with Gasteiger partial charge in [0, 0.05) is 24.5 Å². The fourth-order valence-electron chi connectivity index (χ4n) is 2.97. The average molecular weight is 327 g/mol. The van der Waals surface area contributed by atoms with Crippen molar-refractivity contribution < 1.29 is 9.21 Å². The molecule has 0 unspecified atom stereocenters. The Hall–Kier alpha value is -2.63. The SMILES string of the molecule is O=C(NCC1CCCCC1)Nc1ccc(-c2cccnc2)oc1=O. The predicted molar refractivity (Wildman–Crippen MR) is 91.8 cm³/mol. The normalized spacial score (nSPS) is 15.0. The molecule has 0 aliphatic heterocycles. The number of nitrogens with one attached hydrogen (secondary N) is 2. The minimum Gasteiger partial charge on any atom is -0.421 e. The van der Waals surface area contributed by atoms with Crippen LogP contribution >= 0.6 is 0 Å². The van der Waals surface area contributed by atoms with Gasteiger partial charge in [-0.2, -0.15) is 0 Å². The second-order valence-corrected chi connectivity index (χ2v) is 6.08. The first-order valence-corrected chi connectivity index (χ1v) is 8.32. The van der Waals surface area contributed by atoms with Crippen LogP contribution in [0.3, 0.4) is 0 Å². The quantitative estimate of drug-likeness (QED) is 0.901. The Morgan fingerprint density at radius 1 is 1.21 bits per heavy atom. The van der Waals surface area contributed by atoms with E-state index in [0.29, 0.717) is 23.8 Å². The van der Waals surface area contributed by atoms with Gasteiger partial charge in [-0.1, -0.05) is 19.3 Å². The van der Waals surface area contributed by atoms with Gasteiger partial charge in [0.1, 0.15) is 11.4 Å². The molecule has 0 spiro atoms. The number of hydrogen-bond donors (Lipinski definition) is 2. The molecule has 0 bridgehead atoms. The number of pyridine rings is 1. The lowest BCUT2D eigenvalue weighted by Crippen LogP contribution is -2.34. The molecule has 6 heteroatoms. The third-order valence-corrected chi connectivity index (χ3v) is 4.29. The maximum absolute atomic E-state index is 12.0. The number of carbonyl (C=O) groups is 1. The maximum Gasteiger partial charge on any atom is 0.360 e. The van der Waals surface area contributed by atoms with Gasteiger partial charge in [-0.05, 0) is 43.0 Å². The Morgan fingerprint density at radius 3 is 2.75 bits per heavy atom. The Bertz CT molecular complexity index is 737. The number of hydrogen-bond acceptors (Lipinski definition) is 4. The zero-order valence-corrected chi connectivity index (χ0v) is 13.5. The summed E-state index contributed by atoms with van der Waals surface area (Å²) in [4.78, 5) is 28.0. The maximum atomic E-state index is 12.0. The summed E-state index contributed by atoms with van der Waals surface area (Å²) in [6.07, 6.45) is 9.31. The zero-order chi connectivity index (χ0) is 16.8. The van der Waals surface area contributed by atoms with Gasteiger partial charge in [0.2, 0.25) is 0 Å². The Kier molecular flexibility index (Phi) is 5.25. The van der Waals surface area contributed by atoms with Crippen LogP contribution in [-0.4, -0.2) is 17.6 Å². The minimum absolute atomic E-state index is 0.129. The third-order valence-electron chi connectivity index (χ3n) is 4.29. The number of rotatable bonds is 4. The molecule has 24 heavy (non-hydrogen) atoms. The fraction of sp³-hybridized carbons (Fsp3) is 0.389. The molecule has 6 nitrogen and oxygen atoms in total. The Morgan fingerprint density at radius 2 is 2.04 bits per heavy atom. The van der Waals surface area contributed by atoms with E-state index in [-0.39, 0.29) is 11.7 Å². The summed E-state index contributed by atoms with van der Waals surface area (Å²) in [5, 5.41) is 5.39. The van der Waals surface area contributed by atoms with Gasteiger partial charge in [0.15, 0.2) is 0 Å². The molecule has 2 aromatic heterocycles. The molecule has 0 radical (unpaired) electrons. The highest BCUT2D eigenvalue weighted by Crippen LogP contribution is 2.22. The van der Waals surface area contributed by atoms with Crippen molar-refractivity contribution in [1.82, 2.24) is 10.3 Å². The van der Waals surface area contributed by atoms with Crippen molar-refractivity contribution in [2.75, 3.05) is 11.9 Å². The molecule has 126 valence electrons. The van der Waals surface area contributed by atoms with Gasteiger partial charge in [0.05, 0.1) is 0 Å². The molecule has 1 fully saturated rings. The number of nitrogens with zero attached hydrogens (tertiary/aromatic N) is 1. The van der Waals surface area contributed by atoms with Crippen LogP contribution in [0.2, 0.25) is 0 Å². The van der Waals surface area contributed by atoms with Crippen molar-refractivity contribution >= 4 is 11.7 Å². The predicted octanol–water partition coefficient (Wildman–Crippen LogP) is 3.40. The van der Waals surface area contributed by atoms with E-state index in [9.17, 15) is 9.59 Å². The highest BCUT2D eigenvalue weighted by Gasteiger charge is 2.15. The monoisotopic (exact) mass is 327 g/mol. The lowest BCUT2D eigenvalue weighted by molar-refractivity contribution is 0.247. The number of urea groups is 1.